The fraction of sp³-hybridized carbons (Fsp3) is 0.818. The van der Waals surface area contributed by atoms with Gasteiger partial charge in [0.1, 0.15) is 6.10 Å². The Morgan fingerprint density at radius 1 is 1.60 bits per heavy atom. The highest BCUT2D eigenvalue weighted by atomic mass is 16.6. The second kappa shape index (κ2) is 5.73. The van der Waals surface area contributed by atoms with Crippen molar-refractivity contribution in [1.29, 1.82) is 0 Å². The number of likely N-dealkylation sites (tertiary alicyclic amines) is 1. The van der Waals surface area contributed by atoms with E-state index in [1.54, 1.807) is 0 Å². The molecule has 1 aliphatic rings. The van der Waals surface area contributed by atoms with Crippen LogP contribution in [0.1, 0.15) is 39.5 Å². The Morgan fingerprint density at radius 3 is 2.87 bits per heavy atom. The van der Waals surface area contributed by atoms with Crippen molar-refractivity contribution < 1.29 is 14.3 Å². The number of ketones is 1. The monoisotopic (exact) mass is 213 g/mol. The van der Waals surface area contributed by atoms with E-state index in [9.17, 15) is 9.59 Å². The molecule has 0 aliphatic carbocycles. The van der Waals surface area contributed by atoms with Gasteiger partial charge in [-0.25, -0.2) is 4.79 Å². The van der Waals surface area contributed by atoms with Gasteiger partial charge in [-0.15, -0.1) is 0 Å². The molecule has 0 aromatic heterocycles. The predicted octanol–water partition coefficient (Wildman–Crippen LogP) is 1.98. The number of carbonyl (C=O) groups excluding carboxylic acids is 2. The summed E-state index contributed by atoms with van der Waals surface area (Å²) in [5, 5.41) is 0. The molecule has 0 saturated carbocycles. The first-order valence-electron chi connectivity index (χ1n) is 5.60. The predicted molar refractivity (Wildman–Crippen MR) is 56.7 cm³/mol. The number of hydrogen-bond acceptors (Lipinski definition) is 3. The minimum Gasteiger partial charge on any atom is -0.446 e. The Hall–Kier alpha value is -1.06. The number of unbranched alkanes of at least 4 members (excludes halogenated alkanes) is 1. The van der Waals surface area contributed by atoms with Crippen molar-refractivity contribution in [2.24, 2.45) is 0 Å². The summed E-state index contributed by atoms with van der Waals surface area (Å²) in [7, 11) is 0. The van der Waals surface area contributed by atoms with Crippen LogP contribution in [-0.2, 0) is 9.53 Å². The summed E-state index contributed by atoms with van der Waals surface area (Å²) in [6.45, 7) is 4.73. The van der Waals surface area contributed by atoms with Crippen LogP contribution >= 0.6 is 0 Å². The molecule has 1 amide bonds. The molecule has 0 spiro atoms. The Kier molecular flexibility index (Phi) is 4.59. The molecular formula is C11H19NO3. The van der Waals surface area contributed by atoms with E-state index >= 15 is 0 Å². The van der Waals surface area contributed by atoms with E-state index in [0.29, 0.717) is 13.0 Å². The van der Waals surface area contributed by atoms with E-state index in [-0.39, 0.29) is 24.5 Å². The molecule has 4 nitrogen and oxygen atoms in total. The van der Waals surface area contributed by atoms with Crippen molar-refractivity contribution in [2.75, 3.05) is 13.1 Å². The first-order valence-corrected chi connectivity index (χ1v) is 5.60. The van der Waals surface area contributed by atoms with E-state index in [0.717, 1.165) is 19.3 Å². The lowest BCUT2D eigenvalue weighted by Crippen LogP contribution is -2.31. The summed E-state index contributed by atoms with van der Waals surface area (Å²) in [4.78, 5) is 24.0. The molecule has 4 heteroatoms. The fourth-order valence-electron chi connectivity index (χ4n) is 1.58. The van der Waals surface area contributed by atoms with Gasteiger partial charge in [-0.05, 0) is 13.3 Å². The number of ether oxygens (including phenoxy) is 1. The maximum absolute atomic E-state index is 11.5. The third kappa shape index (κ3) is 3.90. The van der Waals surface area contributed by atoms with E-state index in [1.807, 2.05) is 6.92 Å². The molecule has 0 N–H and O–H groups in total. The van der Waals surface area contributed by atoms with E-state index < -0.39 is 0 Å². The highest BCUT2D eigenvalue weighted by Crippen LogP contribution is 2.10. The molecule has 1 fully saturated rings. The summed E-state index contributed by atoms with van der Waals surface area (Å²) in [6, 6.07) is 0. The van der Waals surface area contributed by atoms with Crippen LogP contribution in [0.25, 0.3) is 0 Å². The van der Waals surface area contributed by atoms with Gasteiger partial charge < -0.3 is 9.64 Å². The molecule has 1 atom stereocenters. The van der Waals surface area contributed by atoms with Gasteiger partial charge in [0.2, 0.25) is 0 Å². The maximum atomic E-state index is 11.5. The number of carbonyl (C=O) groups is 2. The number of hydrogen-bond donors (Lipinski definition) is 0. The third-order valence-electron chi connectivity index (χ3n) is 2.55. The van der Waals surface area contributed by atoms with E-state index in [1.165, 1.54) is 4.90 Å². The molecule has 1 heterocycles. The van der Waals surface area contributed by atoms with Gasteiger partial charge in [0.15, 0.2) is 5.78 Å². The van der Waals surface area contributed by atoms with Gasteiger partial charge in [-0.1, -0.05) is 19.8 Å². The first-order chi connectivity index (χ1) is 7.13. The zero-order valence-corrected chi connectivity index (χ0v) is 9.49. The molecule has 0 bridgehead atoms. The van der Waals surface area contributed by atoms with Crippen LogP contribution in [0.2, 0.25) is 0 Å². The molecule has 1 aliphatic heterocycles. The molecule has 0 radical (unpaired) electrons. The van der Waals surface area contributed by atoms with Crippen LogP contribution in [0.15, 0.2) is 0 Å². The zero-order valence-electron chi connectivity index (χ0n) is 9.49. The fourth-order valence-corrected chi connectivity index (χ4v) is 1.58. The lowest BCUT2D eigenvalue weighted by molar-refractivity contribution is -0.116. The standard InChI is InChI=1S/C11H19NO3/c1-3-4-5-9(2)15-11(14)12-7-6-10(13)8-12/h9H,3-8H2,1-2H3. The van der Waals surface area contributed by atoms with Crippen molar-refractivity contribution in [3.8, 4) is 0 Å². The second-order valence-corrected chi connectivity index (χ2v) is 4.05. The Labute approximate surface area is 90.6 Å². The summed E-state index contributed by atoms with van der Waals surface area (Å²) in [5.74, 6) is 0.119. The maximum Gasteiger partial charge on any atom is 0.410 e. The van der Waals surface area contributed by atoms with Gasteiger partial charge in [0, 0.05) is 13.0 Å². The molecule has 86 valence electrons. The van der Waals surface area contributed by atoms with Crippen LogP contribution in [0.5, 0.6) is 0 Å². The summed E-state index contributed by atoms with van der Waals surface area (Å²) in [6.07, 6.45) is 3.14. The highest BCUT2D eigenvalue weighted by molar-refractivity contribution is 5.87. The van der Waals surface area contributed by atoms with Crippen molar-refractivity contribution in [1.82, 2.24) is 4.90 Å². The largest absolute Gasteiger partial charge is 0.446 e. The number of amides is 1. The SMILES string of the molecule is CCCCC(C)OC(=O)N1CCC(=O)C1. The smallest absolute Gasteiger partial charge is 0.410 e. The summed E-state index contributed by atoms with van der Waals surface area (Å²) >= 11 is 0. The van der Waals surface area contributed by atoms with Crippen molar-refractivity contribution >= 4 is 11.9 Å². The number of rotatable bonds is 4. The average Bonchev–Trinajstić information content (AvgIpc) is 2.61. The molecule has 15 heavy (non-hydrogen) atoms. The Bertz CT molecular complexity index is 240. The Morgan fingerprint density at radius 2 is 2.33 bits per heavy atom. The summed E-state index contributed by atoms with van der Waals surface area (Å²) in [5.41, 5.74) is 0. The van der Waals surface area contributed by atoms with E-state index in [2.05, 4.69) is 6.92 Å². The summed E-state index contributed by atoms with van der Waals surface area (Å²) < 4.78 is 5.22. The van der Waals surface area contributed by atoms with Gasteiger partial charge in [0.05, 0.1) is 6.54 Å². The van der Waals surface area contributed by atoms with Gasteiger partial charge >= 0.3 is 6.09 Å². The van der Waals surface area contributed by atoms with Crippen LogP contribution in [0.3, 0.4) is 0 Å². The normalized spacial score (nSPS) is 18.0. The van der Waals surface area contributed by atoms with Gasteiger partial charge in [-0.3, -0.25) is 4.79 Å². The minimum absolute atomic E-state index is 0.0480. The van der Waals surface area contributed by atoms with Crippen LogP contribution in [-0.4, -0.2) is 36.0 Å². The van der Waals surface area contributed by atoms with Crippen molar-refractivity contribution in [2.45, 2.75) is 45.6 Å². The highest BCUT2D eigenvalue weighted by Gasteiger charge is 2.25. The first kappa shape index (κ1) is 12.0. The van der Waals surface area contributed by atoms with E-state index in [4.69, 9.17) is 4.74 Å². The van der Waals surface area contributed by atoms with Gasteiger partial charge in [0.25, 0.3) is 0 Å². The van der Waals surface area contributed by atoms with Crippen LogP contribution in [0.4, 0.5) is 4.79 Å². The second-order valence-electron chi connectivity index (χ2n) is 4.05. The molecule has 0 aromatic carbocycles. The van der Waals surface area contributed by atoms with Crippen LogP contribution in [0, 0.1) is 0 Å². The topological polar surface area (TPSA) is 46.6 Å². The molecular weight excluding hydrogens is 194 g/mol. The quantitative estimate of drug-likeness (QED) is 0.717. The lowest BCUT2D eigenvalue weighted by atomic mass is 10.2. The third-order valence-corrected chi connectivity index (χ3v) is 2.55. The van der Waals surface area contributed by atoms with Gasteiger partial charge in [-0.2, -0.15) is 0 Å². The van der Waals surface area contributed by atoms with Crippen LogP contribution < -0.4 is 0 Å². The molecule has 1 unspecified atom stereocenters. The lowest BCUT2D eigenvalue weighted by Gasteiger charge is -2.18. The molecule has 1 saturated heterocycles. The van der Waals surface area contributed by atoms with Crippen molar-refractivity contribution in [3.63, 3.8) is 0 Å². The van der Waals surface area contributed by atoms with Crippen molar-refractivity contribution in [3.05, 3.63) is 0 Å². The molecule has 0 aromatic rings. The molecule has 1 rings (SSSR count). The zero-order chi connectivity index (χ0) is 11.3. The number of Topliss-reactive ketones (excluding diaryl/α,β-unsaturated/α-hetero) is 1. The minimum atomic E-state index is -0.343. The Balaban J connectivity index is 2.25. The average molecular weight is 213 g/mol. The number of nitrogens with zero attached hydrogens (tertiary/aromatic N) is 1.